The van der Waals surface area contributed by atoms with E-state index in [0.29, 0.717) is 0 Å². The maximum atomic E-state index is 11.3. The molecule has 0 radical (unpaired) electrons. The van der Waals surface area contributed by atoms with Gasteiger partial charge in [0.25, 0.3) is 5.54 Å². The van der Waals surface area contributed by atoms with E-state index in [1.807, 2.05) is 0 Å². The summed E-state index contributed by atoms with van der Waals surface area (Å²) in [5, 5.41) is 30.9. The summed E-state index contributed by atoms with van der Waals surface area (Å²) in [4.78, 5) is 10.7. The summed E-state index contributed by atoms with van der Waals surface area (Å²) < 4.78 is 0. The molecule has 0 heterocycles. The smallest absolute Gasteiger partial charge is 0.298 e. The Morgan fingerprint density at radius 3 is 2.59 bits per heavy atom. The summed E-state index contributed by atoms with van der Waals surface area (Å²) in [6, 6.07) is 5.95. The van der Waals surface area contributed by atoms with E-state index >= 15 is 0 Å². The first kappa shape index (κ1) is 11.3. The molecular formula is C12H11NO4. The molecule has 0 aliphatic heterocycles. The molecule has 1 aromatic carbocycles. The van der Waals surface area contributed by atoms with E-state index in [-0.39, 0.29) is 11.3 Å². The van der Waals surface area contributed by atoms with E-state index < -0.39 is 16.6 Å². The van der Waals surface area contributed by atoms with Crippen molar-refractivity contribution in [3.8, 4) is 5.75 Å². The Bertz CT molecular complexity index is 509. The molecule has 0 amide bonds. The number of hydrogen-bond donors (Lipinski definition) is 2. The largest absolute Gasteiger partial charge is 0.507 e. The summed E-state index contributed by atoms with van der Waals surface area (Å²) >= 11 is 0. The fourth-order valence-corrected chi connectivity index (χ4v) is 1.95. The molecule has 0 saturated heterocycles. The molecule has 5 nitrogen and oxygen atoms in total. The maximum absolute atomic E-state index is 11.3. The summed E-state index contributed by atoms with van der Waals surface area (Å²) in [5.41, 5.74) is -1.74. The van der Waals surface area contributed by atoms with Crippen molar-refractivity contribution in [2.45, 2.75) is 11.6 Å². The van der Waals surface area contributed by atoms with Gasteiger partial charge in [0.15, 0.2) is 6.10 Å². The van der Waals surface area contributed by atoms with Gasteiger partial charge in [-0.25, -0.2) is 0 Å². The van der Waals surface area contributed by atoms with E-state index in [4.69, 9.17) is 0 Å². The highest BCUT2D eigenvalue weighted by Crippen LogP contribution is 2.38. The molecule has 5 heteroatoms. The molecule has 0 aromatic heterocycles. The second kappa shape index (κ2) is 4.03. The van der Waals surface area contributed by atoms with Crippen LogP contribution >= 0.6 is 0 Å². The third-order valence-corrected chi connectivity index (χ3v) is 2.84. The average Bonchev–Trinajstić information content (AvgIpc) is 2.30. The van der Waals surface area contributed by atoms with E-state index in [2.05, 4.69) is 0 Å². The molecule has 0 fully saturated rings. The summed E-state index contributed by atoms with van der Waals surface area (Å²) in [6.07, 6.45) is 4.33. The van der Waals surface area contributed by atoms with Crippen LogP contribution in [-0.4, -0.2) is 21.2 Å². The lowest BCUT2D eigenvalue weighted by atomic mass is 9.81. The van der Waals surface area contributed by atoms with Crippen molar-refractivity contribution in [3.63, 3.8) is 0 Å². The molecule has 1 aliphatic carbocycles. The highest BCUT2D eigenvalue weighted by atomic mass is 16.6. The van der Waals surface area contributed by atoms with Crippen LogP contribution in [0.1, 0.15) is 5.56 Å². The van der Waals surface area contributed by atoms with Crippen LogP contribution in [0.15, 0.2) is 48.6 Å². The molecule has 2 unspecified atom stereocenters. The predicted octanol–water partition coefficient (Wildman–Crippen LogP) is 1.35. The van der Waals surface area contributed by atoms with Gasteiger partial charge in [-0.2, -0.15) is 0 Å². The Kier molecular flexibility index (Phi) is 2.69. The minimum atomic E-state index is -1.82. The van der Waals surface area contributed by atoms with E-state index in [9.17, 15) is 20.3 Å². The van der Waals surface area contributed by atoms with Gasteiger partial charge in [0.2, 0.25) is 0 Å². The summed E-state index contributed by atoms with van der Waals surface area (Å²) in [5.74, 6) is -0.205. The first-order valence-corrected chi connectivity index (χ1v) is 5.06. The van der Waals surface area contributed by atoms with Gasteiger partial charge in [-0.3, -0.25) is 10.1 Å². The Morgan fingerprint density at radius 1 is 1.29 bits per heavy atom. The topological polar surface area (TPSA) is 83.6 Å². The number of allylic oxidation sites excluding steroid dienone is 2. The van der Waals surface area contributed by atoms with Crippen LogP contribution in [0.3, 0.4) is 0 Å². The van der Waals surface area contributed by atoms with Crippen LogP contribution in [0.4, 0.5) is 0 Å². The average molecular weight is 233 g/mol. The zero-order valence-electron chi connectivity index (χ0n) is 8.85. The highest BCUT2D eigenvalue weighted by Gasteiger charge is 2.51. The molecule has 1 aliphatic rings. The molecule has 0 spiro atoms. The van der Waals surface area contributed by atoms with Gasteiger partial charge in [0.05, 0.1) is 5.56 Å². The summed E-state index contributed by atoms with van der Waals surface area (Å²) in [7, 11) is 0. The normalized spacial score (nSPS) is 27.0. The van der Waals surface area contributed by atoms with Crippen LogP contribution in [0.5, 0.6) is 5.75 Å². The van der Waals surface area contributed by atoms with Gasteiger partial charge in [-0.1, -0.05) is 24.3 Å². The lowest BCUT2D eigenvalue weighted by Crippen LogP contribution is -2.45. The fourth-order valence-electron chi connectivity index (χ4n) is 1.95. The maximum Gasteiger partial charge on any atom is 0.298 e. The number of aliphatic hydroxyl groups excluding tert-OH is 1. The number of rotatable bonds is 2. The van der Waals surface area contributed by atoms with Crippen molar-refractivity contribution < 1.29 is 15.1 Å². The Morgan fingerprint density at radius 2 is 2.00 bits per heavy atom. The van der Waals surface area contributed by atoms with E-state index in [1.54, 1.807) is 12.1 Å². The lowest BCUT2D eigenvalue weighted by Gasteiger charge is -2.27. The minimum Gasteiger partial charge on any atom is -0.507 e. The molecule has 88 valence electrons. The number of para-hydroxylation sites is 1. The molecule has 0 saturated carbocycles. The highest BCUT2D eigenvalue weighted by molar-refractivity contribution is 5.43. The van der Waals surface area contributed by atoms with Crippen LogP contribution in [0, 0.1) is 10.1 Å². The number of phenolic OH excluding ortho intramolecular Hbond substituents is 1. The minimum absolute atomic E-state index is 0.0816. The van der Waals surface area contributed by atoms with Gasteiger partial charge >= 0.3 is 0 Å². The quantitative estimate of drug-likeness (QED) is 0.596. The predicted molar refractivity (Wildman–Crippen MR) is 61.1 cm³/mol. The second-order valence-corrected chi connectivity index (χ2v) is 3.79. The lowest BCUT2D eigenvalue weighted by molar-refractivity contribution is -0.574. The monoisotopic (exact) mass is 233 g/mol. The van der Waals surface area contributed by atoms with Gasteiger partial charge in [0, 0.05) is 4.92 Å². The van der Waals surface area contributed by atoms with Crippen molar-refractivity contribution in [1.29, 1.82) is 0 Å². The Balaban J connectivity index is 2.65. The molecule has 2 N–H and O–H groups in total. The first-order chi connectivity index (χ1) is 8.09. The number of benzene rings is 1. The van der Waals surface area contributed by atoms with E-state index in [1.165, 1.54) is 36.4 Å². The van der Waals surface area contributed by atoms with Crippen molar-refractivity contribution in [1.82, 2.24) is 0 Å². The molecule has 2 rings (SSSR count). The fraction of sp³-hybridized carbons (Fsp3) is 0.167. The zero-order chi connectivity index (χ0) is 12.5. The van der Waals surface area contributed by atoms with Crippen LogP contribution < -0.4 is 0 Å². The SMILES string of the molecule is O=[N+]([O-])C1(c2ccccc2O)C=CC=CC1O. The van der Waals surface area contributed by atoms with Crippen LogP contribution in [0.2, 0.25) is 0 Å². The third kappa shape index (κ3) is 1.60. The van der Waals surface area contributed by atoms with Crippen molar-refractivity contribution in [2.24, 2.45) is 0 Å². The van der Waals surface area contributed by atoms with Crippen molar-refractivity contribution in [3.05, 3.63) is 64.2 Å². The molecule has 17 heavy (non-hydrogen) atoms. The van der Waals surface area contributed by atoms with Crippen molar-refractivity contribution in [2.75, 3.05) is 0 Å². The number of nitrogens with zero attached hydrogens (tertiary/aromatic N) is 1. The van der Waals surface area contributed by atoms with Gasteiger partial charge in [-0.05, 0) is 24.3 Å². The number of nitro groups is 1. The molecular weight excluding hydrogens is 222 g/mol. The number of aliphatic hydroxyl groups is 1. The zero-order valence-corrected chi connectivity index (χ0v) is 8.85. The van der Waals surface area contributed by atoms with Crippen LogP contribution in [-0.2, 0) is 5.54 Å². The first-order valence-electron chi connectivity index (χ1n) is 5.06. The van der Waals surface area contributed by atoms with Crippen molar-refractivity contribution >= 4 is 0 Å². The Hall–Kier alpha value is -2.14. The Labute approximate surface area is 97.5 Å². The molecule has 2 atom stereocenters. The standard InChI is InChI=1S/C12H11NO4/c14-10-6-2-1-5-9(10)12(13(16)17)8-4-3-7-11(12)15/h1-8,11,14-15H. The number of phenols is 1. The van der Waals surface area contributed by atoms with Crippen LogP contribution in [0.25, 0.3) is 0 Å². The summed E-state index contributed by atoms with van der Waals surface area (Å²) in [6.45, 7) is 0. The van der Waals surface area contributed by atoms with Gasteiger partial charge in [0.1, 0.15) is 5.75 Å². The number of aromatic hydroxyl groups is 1. The molecule has 1 aromatic rings. The number of hydrogen-bond acceptors (Lipinski definition) is 4. The third-order valence-electron chi connectivity index (χ3n) is 2.84. The van der Waals surface area contributed by atoms with E-state index in [0.717, 1.165) is 0 Å². The molecule has 0 bridgehead atoms. The second-order valence-electron chi connectivity index (χ2n) is 3.79. The van der Waals surface area contributed by atoms with Gasteiger partial charge in [-0.15, -0.1) is 0 Å². The van der Waals surface area contributed by atoms with Gasteiger partial charge < -0.3 is 10.2 Å².